The van der Waals surface area contributed by atoms with Crippen LogP contribution in [0.2, 0.25) is 5.15 Å². The van der Waals surface area contributed by atoms with E-state index in [4.69, 9.17) is 21.1 Å². The van der Waals surface area contributed by atoms with Crippen molar-refractivity contribution in [2.24, 2.45) is 0 Å². The van der Waals surface area contributed by atoms with Gasteiger partial charge in [-0.25, -0.2) is 9.37 Å². The molecule has 0 bridgehead atoms. The summed E-state index contributed by atoms with van der Waals surface area (Å²) in [6, 6.07) is 21.1. The third-order valence-corrected chi connectivity index (χ3v) is 7.10. The number of anilines is 1. The first-order valence-corrected chi connectivity index (χ1v) is 13.6. The highest BCUT2D eigenvalue weighted by atomic mass is 35.5. The molecule has 1 saturated heterocycles. The normalized spacial score (nSPS) is 14.5. The van der Waals surface area contributed by atoms with Gasteiger partial charge in [0, 0.05) is 31.1 Å². The fourth-order valence-corrected chi connectivity index (χ4v) is 5.34. The van der Waals surface area contributed by atoms with Crippen molar-refractivity contribution in [3.8, 4) is 22.6 Å². The van der Waals surface area contributed by atoms with E-state index in [1.807, 2.05) is 32.0 Å². The zero-order chi connectivity index (χ0) is 26.5. The Kier molecular flexibility index (Phi) is 8.30. The summed E-state index contributed by atoms with van der Waals surface area (Å²) < 4.78 is 25.7. The Bertz CT molecular complexity index is 1360. The van der Waals surface area contributed by atoms with Crippen LogP contribution in [0.1, 0.15) is 32.3 Å². The molecule has 0 aliphatic carbocycles. The number of likely N-dealkylation sites (tertiary alicyclic amines) is 1. The van der Waals surface area contributed by atoms with E-state index in [0.717, 1.165) is 77.3 Å². The van der Waals surface area contributed by atoms with Gasteiger partial charge in [0.25, 0.3) is 0 Å². The minimum absolute atomic E-state index is 0.265. The zero-order valence-corrected chi connectivity index (χ0v) is 22.6. The van der Waals surface area contributed by atoms with Crippen LogP contribution in [-0.2, 0) is 6.54 Å². The van der Waals surface area contributed by atoms with Crippen LogP contribution < -0.4 is 14.8 Å². The molecule has 3 aromatic carbocycles. The first kappa shape index (κ1) is 26.3. The molecule has 1 aliphatic rings. The van der Waals surface area contributed by atoms with Crippen molar-refractivity contribution in [3.05, 3.63) is 83.3 Å². The van der Waals surface area contributed by atoms with Crippen molar-refractivity contribution in [2.75, 3.05) is 31.6 Å². The molecule has 0 radical (unpaired) electrons. The smallest absolute Gasteiger partial charge is 0.135 e. The van der Waals surface area contributed by atoms with Crippen LogP contribution in [0.5, 0.6) is 11.5 Å². The lowest BCUT2D eigenvalue weighted by Gasteiger charge is -2.33. The Balaban J connectivity index is 1.30. The molecule has 0 unspecified atom stereocenters. The first-order valence-electron chi connectivity index (χ1n) is 13.3. The minimum atomic E-state index is -0.265. The Morgan fingerprint density at radius 1 is 0.947 bits per heavy atom. The van der Waals surface area contributed by atoms with Gasteiger partial charge in [0.15, 0.2) is 0 Å². The van der Waals surface area contributed by atoms with Gasteiger partial charge >= 0.3 is 0 Å². The molecule has 5 rings (SSSR count). The number of ether oxygens (including phenoxy) is 2. The van der Waals surface area contributed by atoms with Crippen LogP contribution in [-0.4, -0.2) is 42.2 Å². The summed E-state index contributed by atoms with van der Waals surface area (Å²) in [5.74, 6) is 2.11. The number of hydrogen-bond acceptors (Lipinski definition) is 5. The second-order valence-electron chi connectivity index (χ2n) is 9.55. The van der Waals surface area contributed by atoms with E-state index in [2.05, 4.69) is 39.5 Å². The van der Waals surface area contributed by atoms with Gasteiger partial charge in [-0.2, -0.15) is 0 Å². The van der Waals surface area contributed by atoms with Gasteiger partial charge in [-0.05, 0) is 73.5 Å². The Hall–Kier alpha value is -3.35. The van der Waals surface area contributed by atoms with Crippen molar-refractivity contribution < 1.29 is 13.9 Å². The third kappa shape index (κ3) is 6.03. The molecule has 1 aromatic heterocycles. The summed E-state index contributed by atoms with van der Waals surface area (Å²) in [6.07, 6.45) is 2.01. The van der Waals surface area contributed by atoms with Crippen LogP contribution in [0.3, 0.4) is 0 Å². The summed E-state index contributed by atoms with van der Waals surface area (Å²) in [6.45, 7) is 7.73. The average molecular weight is 534 g/mol. The SMILES string of the molecule is CCOc1cc(CN2CCC(Nc3nc(Cl)cc4ccccc34)CC2)cc(OCC)c1-c1ccc(F)cc1. The van der Waals surface area contributed by atoms with Crippen molar-refractivity contribution in [3.63, 3.8) is 0 Å². The van der Waals surface area contributed by atoms with Gasteiger partial charge in [-0.15, -0.1) is 0 Å². The molecule has 7 heteroatoms. The Morgan fingerprint density at radius 2 is 1.61 bits per heavy atom. The number of piperidine rings is 1. The second-order valence-corrected chi connectivity index (χ2v) is 9.94. The molecular weight excluding hydrogens is 501 g/mol. The maximum atomic E-state index is 13.6. The molecule has 0 spiro atoms. The van der Waals surface area contributed by atoms with Gasteiger partial charge in [0.05, 0.1) is 18.8 Å². The van der Waals surface area contributed by atoms with Crippen LogP contribution >= 0.6 is 11.6 Å². The van der Waals surface area contributed by atoms with Gasteiger partial charge in [0.1, 0.15) is 28.3 Å². The Labute approximate surface area is 228 Å². The fraction of sp³-hybridized carbons (Fsp3) is 0.323. The largest absolute Gasteiger partial charge is 0.493 e. The molecule has 1 fully saturated rings. The maximum Gasteiger partial charge on any atom is 0.135 e. The van der Waals surface area contributed by atoms with Gasteiger partial charge in [-0.1, -0.05) is 48.0 Å². The molecule has 0 amide bonds. The summed E-state index contributed by atoms with van der Waals surface area (Å²) >= 11 is 6.29. The van der Waals surface area contributed by atoms with E-state index in [-0.39, 0.29) is 5.82 Å². The zero-order valence-electron chi connectivity index (χ0n) is 21.8. The molecule has 0 saturated carbocycles. The lowest BCUT2D eigenvalue weighted by atomic mass is 9.99. The summed E-state index contributed by atoms with van der Waals surface area (Å²) in [5.41, 5.74) is 2.87. The van der Waals surface area contributed by atoms with E-state index >= 15 is 0 Å². The van der Waals surface area contributed by atoms with E-state index in [0.29, 0.717) is 24.4 Å². The van der Waals surface area contributed by atoms with Crippen molar-refractivity contribution >= 4 is 28.2 Å². The van der Waals surface area contributed by atoms with E-state index in [1.54, 1.807) is 12.1 Å². The standard InChI is InChI=1S/C31H33ClFN3O2/c1-3-37-27-17-21(18-28(38-4-2)30(27)22-9-11-24(33)12-10-22)20-36-15-13-25(14-16-36)34-31-26-8-6-5-7-23(26)19-29(32)35-31/h5-12,17-19,25H,3-4,13-16,20H2,1-2H3,(H,34,35). The molecule has 198 valence electrons. The highest BCUT2D eigenvalue weighted by molar-refractivity contribution is 6.30. The number of benzene rings is 3. The number of aromatic nitrogens is 1. The van der Waals surface area contributed by atoms with Crippen LogP contribution in [0.25, 0.3) is 21.9 Å². The number of halogens is 2. The number of nitrogens with zero attached hydrogens (tertiary/aromatic N) is 2. The molecule has 2 heterocycles. The summed E-state index contributed by atoms with van der Waals surface area (Å²) in [5, 5.41) is 6.32. The summed E-state index contributed by atoms with van der Waals surface area (Å²) in [7, 11) is 0. The minimum Gasteiger partial charge on any atom is -0.493 e. The van der Waals surface area contributed by atoms with Gasteiger partial charge in [-0.3, -0.25) is 4.90 Å². The van der Waals surface area contributed by atoms with Crippen LogP contribution in [0.15, 0.2) is 66.7 Å². The van der Waals surface area contributed by atoms with E-state index in [1.165, 1.54) is 12.1 Å². The number of hydrogen-bond donors (Lipinski definition) is 1. The molecule has 0 atom stereocenters. The van der Waals surface area contributed by atoms with Gasteiger partial charge in [0.2, 0.25) is 0 Å². The fourth-order valence-electron chi connectivity index (χ4n) is 5.14. The molecular formula is C31H33ClFN3O2. The molecule has 1 aliphatic heterocycles. The quantitative estimate of drug-likeness (QED) is 0.225. The lowest BCUT2D eigenvalue weighted by molar-refractivity contribution is 0.210. The second kappa shape index (κ2) is 12.0. The topological polar surface area (TPSA) is 46.6 Å². The average Bonchev–Trinajstić information content (AvgIpc) is 2.91. The molecule has 4 aromatic rings. The number of fused-ring (bicyclic) bond motifs is 1. The van der Waals surface area contributed by atoms with E-state index in [9.17, 15) is 4.39 Å². The highest BCUT2D eigenvalue weighted by Crippen LogP contribution is 2.40. The van der Waals surface area contributed by atoms with Gasteiger partial charge < -0.3 is 14.8 Å². The molecule has 38 heavy (non-hydrogen) atoms. The van der Waals surface area contributed by atoms with Crippen molar-refractivity contribution in [1.29, 1.82) is 0 Å². The number of rotatable bonds is 9. The van der Waals surface area contributed by atoms with Crippen LogP contribution in [0, 0.1) is 5.82 Å². The lowest BCUT2D eigenvalue weighted by Crippen LogP contribution is -2.38. The molecule has 1 N–H and O–H groups in total. The summed E-state index contributed by atoms with van der Waals surface area (Å²) in [4.78, 5) is 7.03. The van der Waals surface area contributed by atoms with E-state index < -0.39 is 0 Å². The first-order chi connectivity index (χ1) is 18.5. The predicted octanol–water partition coefficient (Wildman–Crippen LogP) is 7.57. The highest BCUT2D eigenvalue weighted by Gasteiger charge is 2.22. The maximum absolute atomic E-state index is 13.6. The number of pyridine rings is 1. The predicted molar refractivity (Wildman–Crippen MR) is 153 cm³/mol. The Morgan fingerprint density at radius 3 is 2.26 bits per heavy atom. The number of nitrogens with one attached hydrogen (secondary N) is 1. The van der Waals surface area contributed by atoms with Crippen molar-refractivity contribution in [2.45, 2.75) is 39.3 Å². The third-order valence-electron chi connectivity index (χ3n) is 6.90. The monoisotopic (exact) mass is 533 g/mol. The van der Waals surface area contributed by atoms with Crippen molar-refractivity contribution in [1.82, 2.24) is 9.88 Å². The van der Waals surface area contributed by atoms with Crippen LogP contribution in [0.4, 0.5) is 10.2 Å². The molecule has 5 nitrogen and oxygen atoms in total.